The van der Waals surface area contributed by atoms with Gasteiger partial charge in [0.25, 0.3) is 5.91 Å². The SMILES string of the molecule is Cc1cnn(C(C)CNC(=O)c2cc(COc3cccc(F)c3)[nH]n2)c1. The van der Waals surface area contributed by atoms with E-state index >= 15 is 0 Å². The van der Waals surface area contributed by atoms with Crippen LogP contribution in [-0.4, -0.2) is 32.4 Å². The number of rotatable bonds is 7. The van der Waals surface area contributed by atoms with Crippen LogP contribution in [-0.2, 0) is 6.61 Å². The summed E-state index contributed by atoms with van der Waals surface area (Å²) in [7, 11) is 0. The summed E-state index contributed by atoms with van der Waals surface area (Å²) in [5.41, 5.74) is 1.96. The monoisotopic (exact) mass is 357 g/mol. The minimum absolute atomic E-state index is 0.0300. The van der Waals surface area contributed by atoms with Gasteiger partial charge < -0.3 is 10.1 Å². The fraction of sp³-hybridized carbons (Fsp3) is 0.278. The van der Waals surface area contributed by atoms with Gasteiger partial charge in [-0.25, -0.2) is 4.39 Å². The number of nitrogens with one attached hydrogen (secondary N) is 2. The molecule has 0 radical (unpaired) electrons. The number of amides is 1. The van der Waals surface area contributed by atoms with Crippen LogP contribution < -0.4 is 10.1 Å². The maximum Gasteiger partial charge on any atom is 0.271 e. The molecule has 0 saturated heterocycles. The maximum atomic E-state index is 13.1. The summed E-state index contributed by atoms with van der Waals surface area (Å²) in [5, 5.41) is 13.8. The molecule has 0 bridgehead atoms. The van der Waals surface area contributed by atoms with Gasteiger partial charge in [0.05, 0.1) is 17.9 Å². The van der Waals surface area contributed by atoms with Gasteiger partial charge in [0.15, 0.2) is 0 Å². The predicted octanol–water partition coefficient (Wildman–Crippen LogP) is 2.62. The quantitative estimate of drug-likeness (QED) is 0.681. The Labute approximate surface area is 150 Å². The average molecular weight is 357 g/mol. The summed E-state index contributed by atoms with van der Waals surface area (Å²) >= 11 is 0. The molecule has 0 spiro atoms. The average Bonchev–Trinajstić information content (AvgIpc) is 3.27. The molecule has 0 aliphatic rings. The van der Waals surface area contributed by atoms with E-state index in [-0.39, 0.29) is 30.1 Å². The molecule has 0 aliphatic heterocycles. The number of carbonyl (C=O) groups is 1. The van der Waals surface area contributed by atoms with Gasteiger partial charge in [0.1, 0.15) is 23.9 Å². The van der Waals surface area contributed by atoms with Gasteiger partial charge in [-0.15, -0.1) is 0 Å². The predicted molar refractivity (Wildman–Crippen MR) is 93.3 cm³/mol. The minimum atomic E-state index is -0.367. The molecule has 1 atom stereocenters. The molecular formula is C18H20FN5O2. The van der Waals surface area contributed by atoms with Crippen molar-refractivity contribution in [1.29, 1.82) is 0 Å². The van der Waals surface area contributed by atoms with E-state index in [1.54, 1.807) is 29.1 Å². The van der Waals surface area contributed by atoms with Crippen molar-refractivity contribution < 1.29 is 13.9 Å². The number of H-pyrrole nitrogens is 1. The van der Waals surface area contributed by atoms with Crippen molar-refractivity contribution in [3.8, 4) is 5.75 Å². The third-order valence-corrected chi connectivity index (χ3v) is 3.79. The summed E-state index contributed by atoms with van der Waals surface area (Å²) in [4.78, 5) is 12.2. The van der Waals surface area contributed by atoms with E-state index in [0.717, 1.165) is 5.56 Å². The molecule has 2 N–H and O–H groups in total. The smallest absolute Gasteiger partial charge is 0.271 e. The maximum absolute atomic E-state index is 13.1. The number of carbonyl (C=O) groups excluding carboxylic acids is 1. The highest BCUT2D eigenvalue weighted by Gasteiger charge is 2.13. The number of aromatic nitrogens is 4. The van der Waals surface area contributed by atoms with Crippen LogP contribution in [0, 0.1) is 12.7 Å². The molecule has 3 rings (SSSR count). The van der Waals surface area contributed by atoms with Gasteiger partial charge in [0, 0.05) is 18.8 Å². The standard InChI is InChI=1S/C18H20FN5O2/c1-12-8-21-24(10-12)13(2)9-20-18(25)17-7-15(22-23-17)11-26-16-5-3-4-14(19)6-16/h3-8,10,13H,9,11H2,1-2H3,(H,20,25)(H,22,23). The van der Waals surface area contributed by atoms with Crippen molar-refractivity contribution in [1.82, 2.24) is 25.3 Å². The molecule has 3 aromatic rings. The summed E-state index contributed by atoms with van der Waals surface area (Å²) < 4.78 is 20.4. The van der Waals surface area contributed by atoms with E-state index < -0.39 is 0 Å². The molecule has 0 fully saturated rings. The third kappa shape index (κ3) is 4.47. The van der Waals surface area contributed by atoms with Gasteiger partial charge in [-0.05, 0) is 37.6 Å². The van der Waals surface area contributed by atoms with Gasteiger partial charge in [0.2, 0.25) is 0 Å². The summed E-state index contributed by atoms with van der Waals surface area (Å²) in [6, 6.07) is 7.50. The first-order valence-electron chi connectivity index (χ1n) is 8.23. The highest BCUT2D eigenvalue weighted by atomic mass is 19.1. The highest BCUT2D eigenvalue weighted by molar-refractivity contribution is 5.92. The zero-order valence-corrected chi connectivity index (χ0v) is 14.6. The summed E-state index contributed by atoms with van der Waals surface area (Å²) in [6.45, 7) is 4.52. The lowest BCUT2D eigenvalue weighted by molar-refractivity contribution is 0.0943. The van der Waals surface area contributed by atoms with Gasteiger partial charge in [-0.2, -0.15) is 10.2 Å². The van der Waals surface area contributed by atoms with Crippen molar-refractivity contribution in [3.63, 3.8) is 0 Å². The van der Waals surface area contributed by atoms with Crippen molar-refractivity contribution in [2.75, 3.05) is 6.54 Å². The van der Waals surface area contributed by atoms with Gasteiger partial charge >= 0.3 is 0 Å². The number of aromatic amines is 1. The summed E-state index contributed by atoms with van der Waals surface area (Å²) in [5.74, 6) is -0.239. The lowest BCUT2D eigenvalue weighted by Crippen LogP contribution is -2.30. The molecule has 8 heteroatoms. The van der Waals surface area contributed by atoms with E-state index in [1.165, 1.54) is 12.1 Å². The molecule has 0 aliphatic carbocycles. The zero-order chi connectivity index (χ0) is 18.5. The molecule has 2 aromatic heterocycles. The highest BCUT2D eigenvalue weighted by Crippen LogP contribution is 2.14. The van der Waals surface area contributed by atoms with Crippen molar-refractivity contribution in [2.45, 2.75) is 26.5 Å². The molecule has 7 nitrogen and oxygen atoms in total. The number of nitrogens with zero attached hydrogens (tertiary/aromatic N) is 3. The lowest BCUT2D eigenvalue weighted by atomic mass is 10.3. The number of ether oxygens (including phenoxy) is 1. The first kappa shape index (κ1) is 17.7. The molecular weight excluding hydrogens is 337 g/mol. The van der Waals surface area contributed by atoms with E-state index in [0.29, 0.717) is 18.0 Å². The van der Waals surface area contributed by atoms with Crippen LogP contribution in [0.5, 0.6) is 5.75 Å². The van der Waals surface area contributed by atoms with Crippen LogP contribution in [0.3, 0.4) is 0 Å². The molecule has 1 unspecified atom stereocenters. The third-order valence-electron chi connectivity index (χ3n) is 3.79. The molecule has 136 valence electrons. The fourth-order valence-corrected chi connectivity index (χ4v) is 2.37. The number of hydrogen-bond donors (Lipinski definition) is 2. The first-order valence-corrected chi connectivity index (χ1v) is 8.23. The Morgan fingerprint density at radius 1 is 1.42 bits per heavy atom. The van der Waals surface area contributed by atoms with Crippen LogP contribution >= 0.6 is 0 Å². The molecule has 26 heavy (non-hydrogen) atoms. The number of benzene rings is 1. The van der Waals surface area contributed by atoms with E-state index in [4.69, 9.17) is 4.74 Å². The number of halogens is 1. The topological polar surface area (TPSA) is 84.8 Å². The van der Waals surface area contributed by atoms with Crippen LogP contribution in [0.2, 0.25) is 0 Å². The second-order valence-electron chi connectivity index (χ2n) is 6.08. The second kappa shape index (κ2) is 7.81. The van der Waals surface area contributed by atoms with E-state index in [9.17, 15) is 9.18 Å². The Bertz CT molecular complexity index is 889. The number of aryl methyl sites for hydroxylation is 1. The van der Waals surface area contributed by atoms with Gasteiger partial charge in [-0.3, -0.25) is 14.6 Å². The Morgan fingerprint density at radius 2 is 2.27 bits per heavy atom. The number of hydrogen-bond acceptors (Lipinski definition) is 4. The normalized spacial score (nSPS) is 12.0. The Balaban J connectivity index is 1.51. The van der Waals surface area contributed by atoms with Crippen LogP contribution in [0.15, 0.2) is 42.7 Å². The van der Waals surface area contributed by atoms with E-state index in [2.05, 4.69) is 20.6 Å². The Hall–Kier alpha value is -3.16. The van der Waals surface area contributed by atoms with E-state index in [1.807, 2.05) is 20.0 Å². The first-order chi connectivity index (χ1) is 12.5. The van der Waals surface area contributed by atoms with Crippen molar-refractivity contribution in [3.05, 3.63) is 65.5 Å². The summed E-state index contributed by atoms with van der Waals surface area (Å²) in [6.07, 6.45) is 3.70. The van der Waals surface area contributed by atoms with Crippen LogP contribution in [0.1, 0.15) is 34.7 Å². The minimum Gasteiger partial charge on any atom is -0.487 e. The van der Waals surface area contributed by atoms with Crippen LogP contribution in [0.25, 0.3) is 0 Å². The van der Waals surface area contributed by atoms with Crippen molar-refractivity contribution >= 4 is 5.91 Å². The van der Waals surface area contributed by atoms with Gasteiger partial charge in [-0.1, -0.05) is 6.07 Å². The largest absolute Gasteiger partial charge is 0.487 e. The van der Waals surface area contributed by atoms with Crippen LogP contribution in [0.4, 0.5) is 4.39 Å². The fourth-order valence-electron chi connectivity index (χ4n) is 2.37. The zero-order valence-electron chi connectivity index (χ0n) is 14.6. The molecule has 2 heterocycles. The van der Waals surface area contributed by atoms with Crippen molar-refractivity contribution in [2.24, 2.45) is 0 Å². The molecule has 1 aromatic carbocycles. The Morgan fingerprint density at radius 3 is 3.00 bits per heavy atom. The Kier molecular flexibility index (Phi) is 5.31. The second-order valence-corrected chi connectivity index (χ2v) is 6.08. The lowest BCUT2D eigenvalue weighted by Gasteiger charge is -2.12. The molecule has 0 saturated carbocycles. The molecule has 1 amide bonds.